The van der Waals surface area contributed by atoms with Gasteiger partial charge in [-0.25, -0.2) is 0 Å². The molecule has 3 aromatic rings. The van der Waals surface area contributed by atoms with Gasteiger partial charge in [0.25, 0.3) is 5.91 Å². The van der Waals surface area contributed by atoms with Crippen LogP contribution in [0.5, 0.6) is 11.5 Å². The fraction of sp³-hybridized carbons (Fsp3) is 0.381. The molecule has 1 fully saturated rings. The van der Waals surface area contributed by atoms with Gasteiger partial charge in [-0.1, -0.05) is 6.07 Å². The van der Waals surface area contributed by atoms with Crippen molar-refractivity contribution in [3.05, 3.63) is 54.5 Å². The Bertz CT molecular complexity index is 946. The lowest BCUT2D eigenvalue weighted by Crippen LogP contribution is -2.44. The van der Waals surface area contributed by atoms with Crippen LogP contribution in [0.4, 0.5) is 0 Å². The molecule has 2 aromatic heterocycles. The lowest BCUT2D eigenvalue weighted by Gasteiger charge is -2.32. The Kier molecular flexibility index (Phi) is 5.14. The number of rotatable bonds is 5. The second-order valence-electron chi connectivity index (χ2n) is 7.02. The first-order chi connectivity index (χ1) is 13.7. The average Bonchev–Trinajstić information content (AvgIpc) is 3.18. The highest BCUT2D eigenvalue weighted by Gasteiger charge is 2.29. The second kappa shape index (κ2) is 7.88. The number of carbonyl (C=O) groups excluding carboxylic acids is 1. The van der Waals surface area contributed by atoms with Gasteiger partial charge in [-0.3, -0.25) is 9.20 Å². The van der Waals surface area contributed by atoms with E-state index in [9.17, 15) is 4.79 Å². The first kappa shape index (κ1) is 18.3. The number of likely N-dealkylation sites (tertiary alicyclic amines) is 1. The van der Waals surface area contributed by atoms with Gasteiger partial charge in [0.1, 0.15) is 17.3 Å². The predicted molar refractivity (Wildman–Crippen MR) is 105 cm³/mol. The molecule has 28 heavy (non-hydrogen) atoms. The number of ether oxygens (including phenoxy) is 2. The van der Waals surface area contributed by atoms with E-state index in [2.05, 4.69) is 10.2 Å². The van der Waals surface area contributed by atoms with Crippen LogP contribution in [0.25, 0.3) is 5.65 Å². The van der Waals surface area contributed by atoms with Gasteiger partial charge in [-0.15, -0.1) is 10.2 Å². The van der Waals surface area contributed by atoms with Gasteiger partial charge >= 0.3 is 0 Å². The Labute approximate surface area is 163 Å². The summed E-state index contributed by atoms with van der Waals surface area (Å²) in [7, 11) is 1.62. The summed E-state index contributed by atoms with van der Waals surface area (Å²) in [6.45, 7) is 3.19. The highest BCUT2D eigenvalue weighted by atomic mass is 16.5. The summed E-state index contributed by atoms with van der Waals surface area (Å²) in [6, 6.07) is 13.2. The summed E-state index contributed by atoms with van der Waals surface area (Å²) in [6.07, 6.45) is 3.21. The van der Waals surface area contributed by atoms with Crippen LogP contribution >= 0.6 is 0 Å². The van der Waals surface area contributed by atoms with Crippen molar-refractivity contribution in [2.75, 3.05) is 20.2 Å². The van der Waals surface area contributed by atoms with E-state index >= 15 is 0 Å². The van der Waals surface area contributed by atoms with Crippen LogP contribution in [-0.4, -0.2) is 51.7 Å². The van der Waals surface area contributed by atoms with Crippen LogP contribution in [0.2, 0.25) is 0 Å². The number of methoxy groups -OCH3 is 1. The lowest BCUT2D eigenvalue weighted by atomic mass is 9.95. The van der Waals surface area contributed by atoms with Crippen molar-refractivity contribution in [1.82, 2.24) is 19.5 Å². The summed E-state index contributed by atoms with van der Waals surface area (Å²) in [4.78, 5) is 14.7. The predicted octanol–water partition coefficient (Wildman–Crippen LogP) is 2.91. The fourth-order valence-corrected chi connectivity index (χ4v) is 3.66. The van der Waals surface area contributed by atoms with E-state index in [1.807, 2.05) is 58.0 Å². The van der Waals surface area contributed by atoms with Gasteiger partial charge in [0.15, 0.2) is 11.8 Å². The highest BCUT2D eigenvalue weighted by Crippen LogP contribution is 2.28. The van der Waals surface area contributed by atoms with Crippen LogP contribution in [0, 0.1) is 0 Å². The third-order valence-corrected chi connectivity index (χ3v) is 5.23. The first-order valence-electron chi connectivity index (χ1n) is 9.55. The van der Waals surface area contributed by atoms with Gasteiger partial charge in [0, 0.05) is 25.2 Å². The van der Waals surface area contributed by atoms with Crippen LogP contribution in [-0.2, 0) is 4.79 Å². The molecule has 1 aliphatic heterocycles. The molecule has 0 aliphatic carbocycles. The smallest absolute Gasteiger partial charge is 0.263 e. The van der Waals surface area contributed by atoms with E-state index in [4.69, 9.17) is 9.47 Å². The molecule has 1 amide bonds. The van der Waals surface area contributed by atoms with Crippen molar-refractivity contribution >= 4 is 11.6 Å². The number of piperidine rings is 1. The van der Waals surface area contributed by atoms with Crippen molar-refractivity contribution in [1.29, 1.82) is 0 Å². The molecule has 1 unspecified atom stereocenters. The Morgan fingerprint density at radius 2 is 1.79 bits per heavy atom. The number of aromatic nitrogens is 3. The van der Waals surface area contributed by atoms with Crippen LogP contribution in [0.3, 0.4) is 0 Å². The van der Waals surface area contributed by atoms with Gasteiger partial charge in [-0.05, 0) is 56.2 Å². The molecule has 1 atom stereocenters. The summed E-state index contributed by atoms with van der Waals surface area (Å²) in [5, 5.41) is 8.61. The molecule has 3 heterocycles. The molecule has 0 spiro atoms. The molecule has 1 aromatic carbocycles. The molecule has 0 bridgehead atoms. The summed E-state index contributed by atoms with van der Waals surface area (Å²) >= 11 is 0. The number of benzene rings is 1. The molecule has 0 saturated carbocycles. The number of hydrogen-bond acceptors (Lipinski definition) is 5. The summed E-state index contributed by atoms with van der Waals surface area (Å²) in [5.74, 6) is 2.71. The molecule has 4 rings (SSSR count). The zero-order valence-electron chi connectivity index (χ0n) is 16.1. The van der Waals surface area contributed by atoms with Crippen LogP contribution < -0.4 is 9.47 Å². The number of carbonyl (C=O) groups is 1. The SMILES string of the molecule is COc1ccc(OC(C)C(=O)N2CCC(c3nnc4ccccn34)CC2)cc1. The van der Waals surface area contributed by atoms with Gasteiger partial charge < -0.3 is 14.4 Å². The lowest BCUT2D eigenvalue weighted by molar-refractivity contribution is -0.139. The molecule has 7 nitrogen and oxygen atoms in total. The molecule has 0 radical (unpaired) electrons. The Hall–Kier alpha value is -3.09. The monoisotopic (exact) mass is 380 g/mol. The van der Waals surface area contributed by atoms with Gasteiger partial charge in [-0.2, -0.15) is 0 Å². The zero-order valence-corrected chi connectivity index (χ0v) is 16.1. The highest BCUT2D eigenvalue weighted by molar-refractivity contribution is 5.81. The normalized spacial score (nSPS) is 16.1. The van der Waals surface area contributed by atoms with Crippen molar-refractivity contribution in [2.24, 2.45) is 0 Å². The van der Waals surface area contributed by atoms with Crippen molar-refractivity contribution in [3.8, 4) is 11.5 Å². The maximum absolute atomic E-state index is 12.8. The maximum atomic E-state index is 12.8. The number of hydrogen-bond donors (Lipinski definition) is 0. The summed E-state index contributed by atoms with van der Waals surface area (Å²) in [5.41, 5.74) is 0.859. The summed E-state index contributed by atoms with van der Waals surface area (Å²) < 4.78 is 13.0. The number of nitrogens with zero attached hydrogens (tertiary/aromatic N) is 4. The minimum Gasteiger partial charge on any atom is -0.497 e. The molecule has 0 N–H and O–H groups in total. The van der Waals surface area contributed by atoms with Crippen molar-refractivity contribution in [2.45, 2.75) is 31.8 Å². The van der Waals surface area contributed by atoms with Crippen LogP contribution in [0.15, 0.2) is 48.7 Å². The first-order valence-corrected chi connectivity index (χ1v) is 9.55. The Morgan fingerprint density at radius 3 is 2.50 bits per heavy atom. The van der Waals surface area contributed by atoms with Crippen molar-refractivity contribution < 1.29 is 14.3 Å². The second-order valence-corrected chi connectivity index (χ2v) is 7.02. The number of pyridine rings is 1. The Balaban J connectivity index is 1.35. The van der Waals surface area contributed by atoms with Gasteiger partial charge in [0.05, 0.1) is 7.11 Å². The third kappa shape index (κ3) is 3.65. The maximum Gasteiger partial charge on any atom is 0.263 e. The molecule has 7 heteroatoms. The molecule has 1 saturated heterocycles. The molecular weight excluding hydrogens is 356 g/mol. The van der Waals surface area contributed by atoms with E-state index in [1.165, 1.54) is 0 Å². The van der Waals surface area contributed by atoms with E-state index in [0.29, 0.717) is 24.8 Å². The minimum atomic E-state index is -0.529. The quantitative estimate of drug-likeness (QED) is 0.681. The van der Waals surface area contributed by atoms with Gasteiger partial charge in [0.2, 0.25) is 0 Å². The number of amides is 1. The zero-order chi connectivity index (χ0) is 19.5. The largest absolute Gasteiger partial charge is 0.497 e. The topological polar surface area (TPSA) is 69.0 Å². The molecular formula is C21H24N4O3. The standard InChI is InChI=1S/C21H24N4O3/c1-15(28-18-8-6-17(27-2)7-9-18)21(26)24-13-10-16(11-14-24)20-23-22-19-5-3-4-12-25(19)20/h3-9,12,15-16H,10-11,13-14H2,1-2H3. The van der Waals surface area contributed by atoms with Crippen molar-refractivity contribution in [3.63, 3.8) is 0 Å². The Morgan fingerprint density at radius 1 is 1.07 bits per heavy atom. The van der Waals surface area contributed by atoms with E-state index in [1.54, 1.807) is 14.0 Å². The fourth-order valence-electron chi connectivity index (χ4n) is 3.66. The number of fused-ring (bicyclic) bond motifs is 1. The molecule has 1 aliphatic rings. The third-order valence-electron chi connectivity index (χ3n) is 5.23. The molecule has 146 valence electrons. The van der Waals surface area contributed by atoms with E-state index in [-0.39, 0.29) is 5.91 Å². The minimum absolute atomic E-state index is 0.0142. The van der Waals surface area contributed by atoms with E-state index < -0.39 is 6.10 Å². The average molecular weight is 380 g/mol. The van der Waals surface area contributed by atoms with E-state index in [0.717, 1.165) is 30.1 Å². The van der Waals surface area contributed by atoms with Crippen LogP contribution in [0.1, 0.15) is 31.5 Å².